The Bertz CT molecular complexity index is 928. The predicted molar refractivity (Wildman–Crippen MR) is 96.9 cm³/mol. The van der Waals surface area contributed by atoms with E-state index < -0.39 is 0 Å². The Hall–Kier alpha value is -2.06. The number of thiophene rings is 1. The lowest BCUT2D eigenvalue weighted by Crippen LogP contribution is -2.03. The average Bonchev–Trinajstić information content (AvgIpc) is 3.03. The number of hydrogen-bond donors (Lipinski definition) is 1. The minimum absolute atomic E-state index is 0.197. The Kier molecular flexibility index (Phi) is 4.27. The van der Waals surface area contributed by atoms with Gasteiger partial charge in [0, 0.05) is 21.0 Å². The van der Waals surface area contributed by atoms with Crippen molar-refractivity contribution in [3.63, 3.8) is 0 Å². The number of rotatable bonds is 2. The Balaban J connectivity index is 2.34. The molecule has 2 heterocycles. The maximum Gasteiger partial charge on any atom is 0.142 e. The minimum Gasteiger partial charge on any atom is -0.383 e. The molecule has 0 atom stereocenters. The second kappa shape index (κ2) is 6.21. The number of benzene rings is 1. The average molecular weight is 360 g/mol. The SMILES string of the molecule is Cc1c(-c2ccc(Cl)cc2Cl)nc(N)c(C#N)c1-c1cccs1. The first-order valence-corrected chi connectivity index (χ1v) is 8.36. The van der Waals surface area contributed by atoms with E-state index in [1.807, 2.05) is 30.5 Å². The Labute approximate surface area is 147 Å². The van der Waals surface area contributed by atoms with E-state index in [4.69, 9.17) is 28.9 Å². The van der Waals surface area contributed by atoms with Crippen molar-refractivity contribution in [3.8, 4) is 27.8 Å². The van der Waals surface area contributed by atoms with Gasteiger partial charge in [0.25, 0.3) is 0 Å². The summed E-state index contributed by atoms with van der Waals surface area (Å²) in [6, 6.07) is 11.3. The zero-order valence-electron chi connectivity index (χ0n) is 12.1. The molecule has 0 unspecified atom stereocenters. The summed E-state index contributed by atoms with van der Waals surface area (Å²) < 4.78 is 0. The first kappa shape index (κ1) is 15.8. The molecule has 1 aromatic carbocycles. The highest BCUT2D eigenvalue weighted by Gasteiger charge is 2.20. The second-order valence-electron chi connectivity index (χ2n) is 4.93. The van der Waals surface area contributed by atoms with Crippen molar-refractivity contribution < 1.29 is 0 Å². The van der Waals surface area contributed by atoms with Crippen molar-refractivity contribution in [1.29, 1.82) is 5.26 Å². The van der Waals surface area contributed by atoms with Crippen LogP contribution in [0.25, 0.3) is 21.7 Å². The molecule has 0 fully saturated rings. The predicted octanol–water partition coefficient (Wildman–Crippen LogP) is 5.55. The summed E-state index contributed by atoms with van der Waals surface area (Å²) in [5, 5.41) is 12.5. The van der Waals surface area contributed by atoms with Gasteiger partial charge < -0.3 is 5.73 Å². The highest BCUT2D eigenvalue weighted by atomic mass is 35.5. The molecular formula is C17H11Cl2N3S. The van der Waals surface area contributed by atoms with Crippen molar-refractivity contribution >= 4 is 40.4 Å². The van der Waals surface area contributed by atoms with Gasteiger partial charge in [-0.2, -0.15) is 5.26 Å². The van der Waals surface area contributed by atoms with Crippen LogP contribution in [-0.4, -0.2) is 4.98 Å². The summed E-state index contributed by atoms with van der Waals surface area (Å²) >= 11 is 13.8. The highest BCUT2D eigenvalue weighted by molar-refractivity contribution is 7.13. The zero-order valence-corrected chi connectivity index (χ0v) is 14.4. The third-order valence-corrected chi connectivity index (χ3v) is 4.97. The number of pyridine rings is 1. The highest BCUT2D eigenvalue weighted by Crippen LogP contribution is 2.39. The normalized spacial score (nSPS) is 10.5. The maximum absolute atomic E-state index is 9.47. The molecule has 0 aliphatic rings. The molecule has 3 aromatic rings. The van der Waals surface area contributed by atoms with Crippen LogP contribution in [0.3, 0.4) is 0 Å². The summed E-state index contributed by atoms with van der Waals surface area (Å²) in [6.07, 6.45) is 0. The van der Waals surface area contributed by atoms with Crippen molar-refractivity contribution in [3.05, 3.63) is 56.9 Å². The monoisotopic (exact) mass is 359 g/mol. The molecule has 3 rings (SSSR count). The van der Waals surface area contributed by atoms with Gasteiger partial charge in [-0.3, -0.25) is 0 Å². The lowest BCUT2D eigenvalue weighted by molar-refractivity contribution is 1.26. The lowest BCUT2D eigenvalue weighted by Gasteiger charge is -2.14. The number of aromatic nitrogens is 1. The fourth-order valence-corrected chi connectivity index (χ4v) is 3.81. The molecule has 0 aliphatic carbocycles. The molecule has 6 heteroatoms. The summed E-state index contributed by atoms with van der Waals surface area (Å²) in [7, 11) is 0. The van der Waals surface area contributed by atoms with Gasteiger partial charge in [0.1, 0.15) is 17.5 Å². The fraction of sp³-hybridized carbons (Fsp3) is 0.0588. The smallest absolute Gasteiger partial charge is 0.142 e. The van der Waals surface area contributed by atoms with Crippen LogP contribution in [0.15, 0.2) is 35.7 Å². The second-order valence-corrected chi connectivity index (χ2v) is 6.73. The summed E-state index contributed by atoms with van der Waals surface area (Å²) in [6.45, 7) is 1.92. The van der Waals surface area contributed by atoms with E-state index in [2.05, 4.69) is 11.1 Å². The molecule has 0 aliphatic heterocycles. The standard InChI is InChI=1S/C17H11Cl2N3S/c1-9-15(14-3-2-6-23-14)12(8-20)17(21)22-16(9)11-5-4-10(18)7-13(11)19/h2-7H,1H3,(H2,21,22). The topological polar surface area (TPSA) is 62.7 Å². The number of hydrogen-bond acceptors (Lipinski definition) is 4. The molecule has 0 saturated heterocycles. The molecular weight excluding hydrogens is 349 g/mol. The van der Waals surface area contributed by atoms with E-state index in [-0.39, 0.29) is 5.82 Å². The minimum atomic E-state index is 0.197. The molecule has 23 heavy (non-hydrogen) atoms. The van der Waals surface area contributed by atoms with Gasteiger partial charge in [-0.25, -0.2) is 4.98 Å². The van der Waals surface area contributed by atoms with Crippen LogP contribution >= 0.6 is 34.5 Å². The molecule has 0 bridgehead atoms. The molecule has 0 spiro atoms. The molecule has 0 amide bonds. The third-order valence-electron chi connectivity index (χ3n) is 3.53. The van der Waals surface area contributed by atoms with E-state index in [0.717, 1.165) is 21.6 Å². The molecule has 3 nitrogen and oxygen atoms in total. The number of nitrogen functional groups attached to an aromatic ring is 1. The van der Waals surface area contributed by atoms with E-state index in [0.29, 0.717) is 21.3 Å². The lowest BCUT2D eigenvalue weighted by atomic mass is 9.97. The van der Waals surface area contributed by atoms with Crippen LogP contribution < -0.4 is 5.73 Å². The molecule has 0 radical (unpaired) electrons. The van der Waals surface area contributed by atoms with Crippen LogP contribution in [0.4, 0.5) is 5.82 Å². The van der Waals surface area contributed by atoms with Crippen molar-refractivity contribution in [2.24, 2.45) is 0 Å². The summed E-state index contributed by atoms with van der Waals surface area (Å²) in [5.41, 5.74) is 9.48. The van der Waals surface area contributed by atoms with Crippen molar-refractivity contribution in [1.82, 2.24) is 4.98 Å². The zero-order chi connectivity index (χ0) is 16.6. The van der Waals surface area contributed by atoms with Gasteiger partial charge in [0.2, 0.25) is 0 Å². The third kappa shape index (κ3) is 2.79. The molecule has 114 valence electrons. The van der Waals surface area contributed by atoms with Gasteiger partial charge >= 0.3 is 0 Å². The van der Waals surface area contributed by atoms with Crippen LogP contribution in [0.5, 0.6) is 0 Å². The van der Waals surface area contributed by atoms with Gasteiger partial charge in [-0.15, -0.1) is 11.3 Å². The number of anilines is 1. The first-order chi connectivity index (χ1) is 11.0. The molecule has 2 aromatic heterocycles. The first-order valence-electron chi connectivity index (χ1n) is 6.72. The van der Waals surface area contributed by atoms with Crippen LogP contribution in [-0.2, 0) is 0 Å². The number of halogens is 2. The number of nitrogens with two attached hydrogens (primary N) is 1. The Morgan fingerprint density at radius 1 is 1.26 bits per heavy atom. The van der Waals surface area contributed by atoms with Crippen LogP contribution in [0.2, 0.25) is 10.0 Å². The van der Waals surface area contributed by atoms with Gasteiger partial charge in [-0.1, -0.05) is 29.3 Å². The molecule has 2 N–H and O–H groups in total. The summed E-state index contributed by atoms with van der Waals surface area (Å²) in [5.74, 6) is 0.197. The Morgan fingerprint density at radius 2 is 2.04 bits per heavy atom. The van der Waals surface area contributed by atoms with E-state index >= 15 is 0 Å². The van der Waals surface area contributed by atoms with E-state index in [1.165, 1.54) is 0 Å². The quantitative estimate of drug-likeness (QED) is 0.652. The number of nitrogens with zero attached hydrogens (tertiary/aromatic N) is 2. The van der Waals surface area contributed by atoms with Gasteiger partial charge in [-0.05, 0) is 42.1 Å². The van der Waals surface area contributed by atoms with Crippen LogP contribution in [0, 0.1) is 18.3 Å². The van der Waals surface area contributed by atoms with Crippen molar-refractivity contribution in [2.45, 2.75) is 6.92 Å². The van der Waals surface area contributed by atoms with E-state index in [9.17, 15) is 5.26 Å². The summed E-state index contributed by atoms with van der Waals surface area (Å²) in [4.78, 5) is 5.38. The van der Waals surface area contributed by atoms with Gasteiger partial charge in [0.15, 0.2) is 0 Å². The van der Waals surface area contributed by atoms with Crippen LogP contribution in [0.1, 0.15) is 11.1 Å². The fourth-order valence-electron chi connectivity index (χ4n) is 2.48. The maximum atomic E-state index is 9.47. The largest absolute Gasteiger partial charge is 0.383 e. The Morgan fingerprint density at radius 3 is 2.65 bits per heavy atom. The van der Waals surface area contributed by atoms with E-state index in [1.54, 1.807) is 23.5 Å². The number of nitriles is 1. The van der Waals surface area contributed by atoms with Crippen molar-refractivity contribution in [2.75, 3.05) is 5.73 Å². The molecule has 0 saturated carbocycles. The van der Waals surface area contributed by atoms with Gasteiger partial charge in [0.05, 0.1) is 10.7 Å².